The highest BCUT2D eigenvalue weighted by atomic mass is 16.5. The zero-order chi connectivity index (χ0) is 26.5. The van der Waals surface area contributed by atoms with E-state index in [1.54, 1.807) is 4.90 Å². The fraction of sp³-hybridized carbons (Fsp3) is 0.188. The highest BCUT2D eigenvalue weighted by Gasteiger charge is 2.40. The number of nitriles is 1. The van der Waals surface area contributed by atoms with E-state index in [9.17, 15) is 10.1 Å². The molecule has 2 atom stereocenters. The summed E-state index contributed by atoms with van der Waals surface area (Å²) >= 11 is 0. The van der Waals surface area contributed by atoms with Gasteiger partial charge in [-0.25, -0.2) is 4.79 Å². The van der Waals surface area contributed by atoms with E-state index in [2.05, 4.69) is 49.4 Å². The first kappa shape index (κ1) is 25.1. The first-order valence-corrected chi connectivity index (χ1v) is 12.8. The van der Waals surface area contributed by atoms with E-state index in [0.29, 0.717) is 16.6 Å². The van der Waals surface area contributed by atoms with E-state index in [1.165, 1.54) is 0 Å². The number of hydrogen-bond donors (Lipinski definition) is 1. The maximum absolute atomic E-state index is 12.1. The Kier molecular flexibility index (Phi) is 7.12. The van der Waals surface area contributed by atoms with Crippen LogP contribution in [0.15, 0.2) is 103 Å². The molecule has 1 fully saturated rings. The smallest absolute Gasteiger partial charge is 0.315 e. The molecule has 4 aromatic rings. The second-order valence-corrected chi connectivity index (χ2v) is 9.90. The maximum atomic E-state index is 12.1. The van der Waals surface area contributed by atoms with Gasteiger partial charge in [-0.1, -0.05) is 54.6 Å². The van der Waals surface area contributed by atoms with Crippen molar-refractivity contribution in [3.05, 3.63) is 114 Å². The standard InChI is InChI=1S/C32H30N4O2/c1-24-22-36(17-16-35(24)32(34)37,23-26-9-6-15-31(19-26)38-30-13-3-2-4-14-30)29-12-7-11-28(20-29)27-10-5-8-25(18-27)21-33/h2-15,18-20,24H,16-17,22-23H2,1H3,(H-,34,37)/p+1. The zero-order valence-corrected chi connectivity index (χ0v) is 21.5. The zero-order valence-electron chi connectivity index (χ0n) is 21.5. The molecular weight excluding hydrogens is 472 g/mol. The Morgan fingerprint density at radius 3 is 2.39 bits per heavy atom. The number of carbonyl (C=O) groups excluding carboxylic acids is 1. The van der Waals surface area contributed by atoms with Crippen molar-refractivity contribution in [3.8, 4) is 28.7 Å². The lowest BCUT2D eigenvalue weighted by atomic mass is 10.00. The predicted octanol–water partition coefficient (Wildman–Crippen LogP) is 6.31. The van der Waals surface area contributed by atoms with Crippen molar-refractivity contribution in [2.24, 2.45) is 5.73 Å². The van der Waals surface area contributed by atoms with Crippen LogP contribution in [0, 0.1) is 11.3 Å². The molecule has 0 aromatic heterocycles. The third-order valence-electron chi connectivity index (χ3n) is 7.28. The highest BCUT2D eigenvalue weighted by molar-refractivity contribution is 5.73. The summed E-state index contributed by atoms with van der Waals surface area (Å²) < 4.78 is 6.78. The van der Waals surface area contributed by atoms with Gasteiger partial charge in [0.15, 0.2) is 0 Å². The van der Waals surface area contributed by atoms with E-state index < -0.39 is 0 Å². The van der Waals surface area contributed by atoms with Gasteiger partial charge in [0.1, 0.15) is 36.8 Å². The monoisotopic (exact) mass is 503 g/mol. The van der Waals surface area contributed by atoms with Crippen molar-refractivity contribution in [2.75, 3.05) is 19.6 Å². The van der Waals surface area contributed by atoms with Gasteiger partial charge in [-0.15, -0.1) is 0 Å². The molecule has 38 heavy (non-hydrogen) atoms. The van der Waals surface area contributed by atoms with Crippen LogP contribution < -0.4 is 15.0 Å². The summed E-state index contributed by atoms with van der Waals surface area (Å²) in [5.41, 5.74) is 10.7. The molecule has 2 amide bonds. The van der Waals surface area contributed by atoms with Gasteiger partial charge in [0.2, 0.25) is 0 Å². The third-order valence-corrected chi connectivity index (χ3v) is 7.28. The van der Waals surface area contributed by atoms with Crippen molar-refractivity contribution >= 4 is 11.7 Å². The molecule has 2 N–H and O–H groups in total. The molecule has 0 spiro atoms. The van der Waals surface area contributed by atoms with Crippen molar-refractivity contribution < 1.29 is 9.53 Å². The van der Waals surface area contributed by atoms with E-state index in [1.807, 2.05) is 66.7 Å². The Morgan fingerprint density at radius 1 is 0.947 bits per heavy atom. The number of benzene rings is 4. The van der Waals surface area contributed by atoms with Gasteiger partial charge < -0.3 is 15.4 Å². The Bertz CT molecular complexity index is 1480. The van der Waals surface area contributed by atoms with Crippen LogP contribution in [-0.4, -0.2) is 36.6 Å². The molecule has 6 nitrogen and oxygen atoms in total. The van der Waals surface area contributed by atoms with E-state index in [4.69, 9.17) is 10.5 Å². The van der Waals surface area contributed by atoms with Crippen molar-refractivity contribution in [1.82, 2.24) is 9.38 Å². The number of urea groups is 1. The Morgan fingerprint density at radius 2 is 1.66 bits per heavy atom. The number of primary amides is 1. The Labute approximate surface area is 223 Å². The first-order valence-electron chi connectivity index (χ1n) is 12.8. The Hall–Kier alpha value is -4.60. The van der Waals surface area contributed by atoms with Crippen molar-refractivity contribution in [3.63, 3.8) is 0 Å². The molecule has 1 aliphatic heterocycles. The van der Waals surface area contributed by atoms with Crippen LogP contribution in [0.1, 0.15) is 18.1 Å². The minimum absolute atomic E-state index is 0.0180. The number of piperazine rings is 1. The summed E-state index contributed by atoms with van der Waals surface area (Å²) in [4.78, 5) is 13.8. The number of para-hydroxylation sites is 1. The molecular formula is C32H31N4O2+. The van der Waals surface area contributed by atoms with Crippen molar-refractivity contribution in [2.45, 2.75) is 19.5 Å². The number of ether oxygens (including phenoxy) is 1. The predicted molar refractivity (Wildman–Crippen MR) is 151 cm³/mol. The van der Waals surface area contributed by atoms with E-state index in [0.717, 1.165) is 53.5 Å². The topological polar surface area (TPSA) is 79.3 Å². The van der Waals surface area contributed by atoms with Gasteiger partial charge >= 0.3 is 6.03 Å². The third kappa shape index (κ3) is 5.39. The van der Waals surface area contributed by atoms with Crippen molar-refractivity contribution in [1.29, 1.82) is 5.26 Å². The minimum Gasteiger partial charge on any atom is -0.457 e. The highest BCUT2D eigenvalue weighted by Crippen LogP contribution is 2.35. The molecule has 2 unspecified atom stereocenters. The summed E-state index contributed by atoms with van der Waals surface area (Å²) in [6.07, 6.45) is 0. The number of hydrogen-bond acceptors (Lipinski definition) is 3. The lowest BCUT2D eigenvalue weighted by molar-refractivity contribution is 0.104. The van der Waals surface area contributed by atoms with E-state index >= 15 is 0 Å². The van der Waals surface area contributed by atoms with Gasteiger partial charge in [0.05, 0.1) is 24.2 Å². The quantitative estimate of drug-likeness (QED) is 0.313. The molecule has 5 rings (SSSR count). The van der Waals surface area contributed by atoms with E-state index in [-0.39, 0.29) is 12.1 Å². The van der Waals surface area contributed by atoms with Crippen LogP contribution in [0.4, 0.5) is 10.5 Å². The maximum Gasteiger partial charge on any atom is 0.315 e. The Balaban J connectivity index is 1.51. The number of carbonyl (C=O) groups is 1. The van der Waals surface area contributed by atoms with Gasteiger partial charge in [-0.2, -0.15) is 5.26 Å². The molecule has 1 heterocycles. The fourth-order valence-electron chi connectivity index (χ4n) is 5.44. The fourth-order valence-corrected chi connectivity index (χ4v) is 5.44. The van der Waals surface area contributed by atoms with Gasteiger partial charge in [-0.3, -0.25) is 4.48 Å². The SMILES string of the molecule is CC1C[N+](Cc2cccc(Oc3ccccc3)c2)(c2cccc(-c3cccc(C#N)c3)c2)CCN1C(N)=O. The molecule has 0 saturated carbocycles. The second kappa shape index (κ2) is 10.8. The van der Waals surface area contributed by atoms with Crippen LogP contribution >= 0.6 is 0 Å². The summed E-state index contributed by atoms with van der Waals surface area (Å²) in [5.74, 6) is 1.59. The molecule has 1 aliphatic rings. The molecule has 6 heteroatoms. The molecule has 1 saturated heterocycles. The number of quaternary nitrogens is 1. The normalized spacial score (nSPS) is 18.9. The summed E-state index contributed by atoms with van der Waals surface area (Å²) in [5, 5.41) is 9.38. The number of nitrogens with zero attached hydrogens (tertiary/aromatic N) is 3. The minimum atomic E-state index is -0.379. The molecule has 190 valence electrons. The first-order chi connectivity index (χ1) is 18.5. The molecule has 4 aromatic carbocycles. The number of nitrogens with two attached hydrogens (primary N) is 1. The van der Waals surface area contributed by atoms with Crippen LogP contribution in [0.2, 0.25) is 0 Å². The molecule has 0 bridgehead atoms. The second-order valence-electron chi connectivity index (χ2n) is 9.90. The number of rotatable bonds is 6. The van der Waals surface area contributed by atoms with Gasteiger partial charge in [0.25, 0.3) is 0 Å². The van der Waals surface area contributed by atoms with Crippen LogP contribution in [0.5, 0.6) is 11.5 Å². The molecule has 0 radical (unpaired) electrons. The number of amides is 2. The summed E-state index contributed by atoms with van der Waals surface area (Å²) in [7, 11) is 0. The lowest BCUT2D eigenvalue weighted by Crippen LogP contribution is -2.65. The van der Waals surface area contributed by atoms with Gasteiger partial charge in [-0.05, 0) is 60.5 Å². The summed E-state index contributed by atoms with van der Waals surface area (Å²) in [6, 6.07) is 36.0. The largest absolute Gasteiger partial charge is 0.457 e. The average molecular weight is 504 g/mol. The van der Waals surface area contributed by atoms with Crippen LogP contribution in [-0.2, 0) is 6.54 Å². The van der Waals surface area contributed by atoms with Gasteiger partial charge in [0, 0.05) is 11.6 Å². The molecule has 0 aliphatic carbocycles. The lowest BCUT2D eigenvalue weighted by Gasteiger charge is -2.47. The average Bonchev–Trinajstić information content (AvgIpc) is 2.94. The van der Waals surface area contributed by atoms with Crippen LogP contribution in [0.25, 0.3) is 11.1 Å². The van der Waals surface area contributed by atoms with Crippen LogP contribution in [0.3, 0.4) is 0 Å². The summed E-state index contributed by atoms with van der Waals surface area (Å²) in [6.45, 7) is 4.84.